The third kappa shape index (κ3) is 3.80. The molecule has 1 aliphatic rings. The van der Waals surface area contributed by atoms with E-state index in [9.17, 15) is 8.78 Å². The molecule has 0 radical (unpaired) electrons. The van der Waals surface area contributed by atoms with Crippen molar-refractivity contribution in [3.63, 3.8) is 0 Å². The first-order valence-electron chi connectivity index (χ1n) is 4.58. The van der Waals surface area contributed by atoms with E-state index in [4.69, 9.17) is 5.73 Å². The van der Waals surface area contributed by atoms with Crippen molar-refractivity contribution in [3.05, 3.63) is 23.1 Å². The highest BCUT2D eigenvalue weighted by Crippen LogP contribution is 2.39. The van der Waals surface area contributed by atoms with E-state index in [0.717, 1.165) is 6.92 Å². The van der Waals surface area contributed by atoms with Gasteiger partial charge in [-0.15, -0.1) is 0 Å². The number of halogens is 2. The van der Waals surface area contributed by atoms with Crippen LogP contribution in [0, 0.1) is 5.92 Å². The van der Waals surface area contributed by atoms with Gasteiger partial charge in [0.1, 0.15) is 0 Å². The summed E-state index contributed by atoms with van der Waals surface area (Å²) in [6.45, 7) is 2.81. The number of allylic oxidation sites excluding steroid dienone is 3. The predicted molar refractivity (Wildman–Crippen MR) is 57.2 cm³/mol. The van der Waals surface area contributed by atoms with E-state index in [1.807, 2.05) is 19.1 Å². The van der Waals surface area contributed by atoms with E-state index < -0.39 is 5.25 Å². The summed E-state index contributed by atoms with van der Waals surface area (Å²) in [5.74, 6) is 0.185. The monoisotopic (exact) mass is 219 g/mol. The highest BCUT2D eigenvalue weighted by molar-refractivity contribution is 8.04. The standard InChI is InChI=1S/C10H15F2NS/c1-7(13)8-4-3-5-9(6-8)14-10(2,11)12/h3-5,7-8H,6,13H2,1-2H3/t7?,8-/m0/s1. The maximum absolute atomic E-state index is 12.7. The first-order chi connectivity index (χ1) is 6.38. The molecule has 0 aliphatic heterocycles. The molecule has 0 aromatic carbocycles. The fourth-order valence-corrected chi connectivity index (χ4v) is 2.22. The van der Waals surface area contributed by atoms with E-state index >= 15 is 0 Å². The lowest BCUT2D eigenvalue weighted by molar-refractivity contribution is 0.129. The van der Waals surface area contributed by atoms with Crippen molar-refractivity contribution in [1.82, 2.24) is 0 Å². The number of rotatable bonds is 3. The van der Waals surface area contributed by atoms with Gasteiger partial charge in [0.2, 0.25) is 0 Å². The molecule has 2 N–H and O–H groups in total. The predicted octanol–water partition coefficient (Wildman–Crippen LogP) is 3.14. The summed E-state index contributed by atoms with van der Waals surface area (Å²) in [6, 6.07) is 0.0148. The van der Waals surface area contributed by atoms with Crippen molar-refractivity contribution in [2.75, 3.05) is 0 Å². The molecule has 0 saturated carbocycles. The maximum Gasteiger partial charge on any atom is 0.295 e. The average Bonchev–Trinajstić information content (AvgIpc) is 2.01. The molecule has 0 spiro atoms. The van der Waals surface area contributed by atoms with Crippen LogP contribution >= 0.6 is 11.8 Å². The molecular weight excluding hydrogens is 204 g/mol. The van der Waals surface area contributed by atoms with Crippen LogP contribution in [0.2, 0.25) is 0 Å². The van der Waals surface area contributed by atoms with Crippen LogP contribution in [0.15, 0.2) is 23.1 Å². The maximum atomic E-state index is 12.7. The van der Waals surface area contributed by atoms with E-state index in [2.05, 4.69) is 0 Å². The van der Waals surface area contributed by atoms with E-state index in [0.29, 0.717) is 23.1 Å². The van der Waals surface area contributed by atoms with Crippen LogP contribution in [-0.4, -0.2) is 11.3 Å². The number of alkyl halides is 2. The fraction of sp³-hybridized carbons (Fsp3) is 0.600. The largest absolute Gasteiger partial charge is 0.327 e. The van der Waals surface area contributed by atoms with Gasteiger partial charge in [0, 0.05) is 13.0 Å². The van der Waals surface area contributed by atoms with Crippen molar-refractivity contribution in [1.29, 1.82) is 0 Å². The number of nitrogens with two attached hydrogens (primary N) is 1. The molecule has 0 fully saturated rings. The Morgan fingerprint density at radius 2 is 2.29 bits per heavy atom. The van der Waals surface area contributed by atoms with Crippen LogP contribution in [0.4, 0.5) is 8.78 Å². The lowest BCUT2D eigenvalue weighted by Crippen LogP contribution is -2.26. The van der Waals surface area contributed by atoms with Gasteiger partial charge >= 0.3 is 0 Å². The Labute approximate surface area is 87.4 Å². The topological polar surface area (TPSA) is 26.0 Å². The minimum absolute atomic E-state index is 0.0148. The zero-order valence-electron chi connectivity index (χ0n) is 8.34. The summed E-state index contributed by atoms with van der Waals surface area (Å²) in [4.78, 5) is 0.710. The summed E-state index contributed by atoms with van der Waals surface area (Å²) < 4.78 is 25.4. The Morgan fingerprint density at radius 1 is 1.64 bits per heavy atom. The van der Waals surface area contributed by atoms with Crippen LogP contribution in [0.25, 0.3) is 0 Å². The van der Waals surface area contributed by atoms with Gasteiger partial charge in [0.15, 0.2) is 0 Å². The zero-order chi connectivity index (χ0) is 10.8. The van der Waals surface area contributed by atoms with Gasteiger partial charge in [-0.3, -0.25) is 0 Å². The molecule has 0 amide bonds. The quantitative estimate of drug-likeness (QED) is 0.789. The average molecular weight is 219 g/mol. The molecular formula is C10H15F2NS. The van der Waals surface area contributed by atoms with E-state index in [1.54, 1.807) is 6.08 Å². The van der Waals surface area contributed by atoms with Crippen molar-refractivity contribution in [2.45, 2.75) is 31.6 Å². The highest BCUT2D eigenvalue weighted by Gasteiger charge is 2.26. The Hall–Kier alpha value is -0.350. The van der Waals surface area contributed by atoms with Crippen LogP contribution in [0.3, 0.4) is 0 Å². The summed E-state index contributed by atoms with van der Waals surface area (Å²) in [5.41, 5.74) is 5.72. The lowest BCUT2D eigenvalue weighted by atomic mass is 9.94. The number of hydrogen-bond donors (Lipinski definition) is 1. The highest BCUT2D eigenvalue weighted by atomic mass is 32.2. The van der Waals surface area contributed by atoms with Crippen LogP contribution in [-0.2, 0) is 0 Å². The van der Waals surface area contributed by atoms with Gasteiger partial charge in [-0.1, -0.05) is 30.0 Å². The SMILES string of the molecule is CC(N)[C@H]1C=CC=C(SC(C)(F)F)C1. The molecule has 2 atom stereocenters. The van der Waals surface area contributed by atoms with Crippen molar-refractivity contribution < 1.29 is 8.78 Å². The van der Waals surface area contributed by atoms with Gasteiger partial charge < -0.3 is 5.73 Å². The minimum Gasteiger partial charge on any atom is -0.327 e. The molecule has 4 heteroatoms. The molecule has 1 nitrogen and oxygen atoms in total. The Balaban J connectivity index is 2.57. The first-order valence-corrected chi connectivity index (χ1v) is 5.40. The summed E-state index contributed by atoms with van der Waals surface area (Å²) in [5, 5.41) is -2.70. The smallest absolute Gasteiger partial charge is 0.295 e. The summed E-state index contributed by atoms with van der Waals surface area (Å²) in [6.07, 6.45) is 6.15. The molecule has 0 heterocycles. The minimum atomic E-state index is -2.70. The van der Waals surface area contributed by atoms with Gasteiger partial charge in [-0.05, 0) is 24.2 Å². The summed E-state index contributed by atoms with van der Waals surface area (Å²) >= 11 is 0.620. The molecule has 0 aromatic rings. The van der Waals surface area contributed by atoms with Crippen molar-refractivity contribution in [3.8, 4) is 0 Å². The van der Waals surface area contributed by atoms with Crippen LogP contribution in [0.5, 0.6) is 0 Å². The molecule has 1 aliphatic carbocycles. The Morgan fingerprint density at radius 3 is 2.79 bits per heavy atom. The first kappa shape index (κ1) is 11.7. The fourth-order valence-electron chi connectivity index (χ4n) is 1.34. The molecule has 1 unspecified atom stereocenters. The molecule has 1 rings (SSSR count). The van der Waals surface area contributed by atoms with Gasteiger partial charge in [-0.25, -0.2) is 0 Å². The molecule has 14 heavy (non-hydrogen) atoms. The Kier molecular flexibility index (Phi) is 3.72. The van der Waals surface area contributed by atoms with Crippen LogP contribution < -0.4 is 5.73 Å². The van der Waals surface area contributed by atoms with Gasteiger partial charge in [0.05, 0.1) is 0 Å². The Bertz CT molecular complexity index is 253. The second kappa shape index (κ2) is 4.45. The third-order valence-electron chi connectivity index (χ3n) is 2.06. The third-order valence-corrected chi connectivity index (χ3v) is 2.99. The second-order valence-electron chi connectivity index (χ2n) is 3.65. The van der Waals surface area contributed by atoms with Crippen LogP contribution in [0.1, 0.15) is 20.3 Å². The molecule has 0 saturated heterocycles. The molecule has 80 valence electrons. The number of thioether (sulfide) groups is 1. The number of hydrogen-bond acceptors (Lipinski definition) is 2. The summed E-state index contributed by atoms with van der Waals surface area (Å²) in [7, 11) is 0. The van der Waals surface area contributed by atoms with Gasteiger partial charge in [0.25, 0.3) is 5.25 Å². The normalized spacial score (nSPS) is 24.6. The molecule has 0 aromatic heterocycles. The zero-order valence-corrected chi connectivity index (χ0v) is 9.15. The second-order valence-corrected chi connectivity index (χ2v) is 5.10. The van der Waals surface area contributed by atoms with Crippen molar-refractivity contribution >= 4 is 11.8 Å². The van der Waals surface area contributed by atoms with E-state index in [1.165, 1.54) is 0 Å². The van der Waals surface area contributed by atoms with Crippen molar-refractivity contribution in [2.24, 2.45) is 11.7 Å². The van der Waals surface area contributed by atoms with E-state index in [-0.39, 0.29) is 12.0 Å². The lowest BCUT2D eigenvalue weighted by Gasteiger charge is -2.22. The van der Waals surface area contributed by atoms with Gasteiger partial charge in [-0.2, -0.15) is 8.78 Å². The molecule has 0 bridgehead atoms.